The van der Waals surface area contributed by atoms with E-state index >= 15 is 0 Å². The number of hydrogen-bond donors (Lipinski definition) is 1. The molecule has 1 amide bonds. The molecule has 1 N–H and O–H groups in total. The highest BCUT2D eigenvalue weighted by molar-refractivity contribution is 6.04. The molecule has 5 nitrogen and oxygen atoms in total. The van der Waals surface area contributed by atoms with E-state index in [9.17, 15) is 14.9 Å². The minimum absolute atomic E-state index is 0.0460. The van der Waals surface area contributed by atoms with E-state index in [-0.39, 0.29) is 18.4 Å². The molecule has 0 radical (unpaired) electrons. The fourth-order valence-electron chi connectivity index (χ4n) is 2.63. The van der Waals surface area contributed by atoms with Gasteiger partial charge in [-0.2, -0.15) is 5.26 Å². The summed E-state index contributed by atoms with van der Waals surface area (Å²) < 4.78 is 5.69. The Morgan fingerprint density at radius 3 is 2.83 bits per heavy atom. The quantitative estimate of drug-likeness (QED) is 0.816. The minimum Gasteiger partial charge on any atom is -0.373 e. The third-order valence-electron chi connectivity index (χ3n) is 3.88. The molecule has 0 unspecified atom stereocenters. The van der Waals surface area contributed by atoms with Crippen LogP contribution in [-0.4, -0.2) is 24.8 Å². The molecule has 0 aromatic heterocycles. The maximum atomic E-state index is 12.4. The fourth-order valence-corrected chi connectivity index (χ4v) is 2.63. The molecule has 23 heavy (non-hydrogen) atoms. The van der Waals surface area contributed by atoms with Crippen molar-refractivity contribution in [2.24, 2.45) is 11.8 Å². The van der Waals surface area contributed by atoms with Crippen molar-refractivity contribution in [3.8, 4) is 6.07 Å². The zero-order valence-electron chi connectivity index (χ0n) is 13.5. The van der Waals surface area contributed by atoms with Gasteiger partial charge in [-0.15, -0.1) is 0 Å². The summed E-state index contributed by atoms with van der Waals surface area (Å²) in [6, 6.07) is 9.64. The Labute approximate surface area is 136 Å². The van der Waals surface area contributed by atoms with Gasteiger partial charge in [0.05, 0.1) is 18.8 Å². The third-order valence-corrected chi connectivity index (χ3v) is 3.88. The molecule has 0 bridgehead atoms. The number of nitrogens with one attached hydrogen (secondary N) is 1. The number of nitrogens with zero attached hydrogens (tertiary/aromatic N) is 1. The highest BCUT2D eigenvalue weighted by atomic mass is 16.5. The second-order valence-corrected chi connectivity index (χ2v) is 6.18. The highest BCUT2D eigenvalue weighted by Crippen LogP contribution is 2.30. The number of rotatable bonds is 6. The minimum atomic E-state index is -1.27. The zero-order valence-corrected chi connectivity index (χ0v) is 13.5. The van der Waals surface area contributed by atoms with Crippen molar-refractivity contribution < 1.29 is 14.3 Å². The van der Waals surface area contributed by atoms with Gasteiger partial charge < -0.3 is 10.1 Å². The summed E-state index contributed by atoms with van der Waals surface area (Å²) in [7, 11) is 0. The topological polar surface area (TPSA) is 79.2 Å². The van der Waals surface area contributed by atoms with Crippen molar-refractivity contribution in [2.75, 3.05) is 13.2 Å². The first-order valence-corrected chi connectivity index (χ1v) is 7.92. The van der Waals surface area contributed by atoms with Crippen molar-refractivity contribution in [2.45, 2.75) is 32.8 Å². The number of amides is 1. The van der Waals surface area contributed by atoms with E-state index < -0.39 is 17.6 Å². The van der Waals surface area contributed by atoms with Crippen LogP contribution in [0.5, 0.6) is 0 Å². The summed E-state index contributed by atoms with van der Waals surface area (Å²) in [5.41, 5.74) is 2.14. The molecule has 0 saturated heterocycles. The molecule has 0 fully saturated rings. The number of hydrogen-bond acceptors (Lipinski definition) is 4. The van der Waals surface area contributed by atoms with Gasteiger partial charge in [-0.25, -0.2) is 0 Å². The summed E-state index contributed by atoms with van der Waals surface area (Å²) in [6.45, 7) is 4.91. The monoisotopic (exact) mass is 314 g/mol. The molecule has 0 spiro atoms. The third kappa shape index (κ3) is 4.40. The Morgan fingerprint density at radius 2 is 2.13 bits per heavy atom. The molecular formula is C18H22N2O3. The number of ketones is 1. The van der Waals surface area contributed by atoms with E-state index in [4.69, 9.17) is 4.74 Å². The van der Waals surface area contributed by atoms with Gasteiger partial charge in [-0.3, -0.25) is 9.59 Å². The molecule has 1 heterocycles. The first-order chi connectivity index (χ1) is 11.0. The lowest BCUT2D eigenvalue weighted by molar-refractivity contribution is -0.133. The van der Waals surface area contributed by atoms with Crippen molar-refractivity contribution in [1.82, 2.24) is 5.32 Å². The van der Waals surface area contributed by atoms with Crippen molar-refractivity contribution >= 4 is 11.7 Å². The molecule has 2 atom stereocenters. The normalized spacial score (nSPS) is 17.9. The molecule has 1 aliphatic heterocycles. The maximum Gasteiger partial charge on any atom is 0.245 e. The molecule has 5 heteroatoms. The molecule has 1 aromatic rings. The van der Waals surface area contributed by atoms with Crippen LogP contribution in [0.15, 0.2) is 24.3 Å². The number of benzene rings is 1. The average molecular weight is 314 g/mol. The molecule has 122 valence electrons. The first kappa shape index (κ1) is 17.2. The Morgan fingerprint density at radius 1 is 1.39 bits per heavy atom. The SMILES string of the molecule is CC(C)CNC(=O)[C@H](C#N)C(=O)C[C@@H]1OCCc2ccccc21. The largest absolute Gasteiger partial charge is 0.373 e. The van der Waals surface area contributed by atoms with Gasteiger partial charge in [0.1, 0.15) is 0 Å². The summed E-state index contributed by atoms with van der Waals surface area (Å²) in [5.74, 6) is -1.92. The number of carbonyl (C=O) groups is 2. The predicted molar refractivity (Wildman–Crippen MR) is 85.4 cm³/mol. The van der Waals surface area contributed by atoms with E-state index in [2.05, 4.69) is 5.32 Å². The standard InChI is InChI=1S/C18H22N2O3/c1-12(2)11-20-18(22)15(10-19)16(21)9-17-14-6-4-3-5-13(14)7-8-23-17/h3-6,12,15,17H,7-9,11H2,1-2H3,(H,20,22)/t15-,17+/m1/s1. The summed E-state index contributed by atoms with van der Waals surface area (Å²) in [4.78, 5) is 24.4. The van der Waals surface area contributed by atoms with Gasteiger partial charge >= 0.3 is 0 Å². The van der Waals surface area contributed by atoms with E-state index in [0.29, 0.717) is 13.2 Å². The van der Waals surface area contributed by atoms with E-state index in [1.807, 2.05) is 44.2 Å². The second-order valence-electron chi connectivity index (χ2n) is 6.18. The van der Waals surface area contributed by atoms with Crippen LogP contribution in [-0.2, 0) is 20.7 Å². The Hall–Kier alpha value is -2.19. The lowest BCUT2D eigenvalue weighted by Crippen LogP contribution is -2.37. The van der Waals surface area contributed by atoms with Gasteiger partial charge in [-0.1, -0.05) is 38.1 Å². The Kier molecular flexibility index (Phi) is 5.89. The van der Waals surface area contributed by atoms with Crippen molar-refractivity contribution in [1.29, 1.82) is 5.26 Å². The van der Waals surface area contributed by atoms with Crippen molar-refractivity contribution in [3.63, 3.8) is 0 Å². The smallest absolute Gasteiger partial charge is 0.245 e. The molecule has 0 saturated carbocycles. The maximum absolute atomic E-state index is 12.4. The Balaban J connectivity index is 2.03. The number of Topliss-reactive ketones (excluding diaryl/α,β-unsaturated/α-hetero) is 1. The van der Waals surface area contributed by atoms with E-state index in [1.165, 1.54) is 0 Å². The second kappa shape index (κ2) is 7.89. The molecule has 2 rings (SSSR count). The number of ether oxygens (including phenoxy) is 1. The van der Waals surface area contributed by atoms with Crippen LogP contribution < -0.4 is 5.32 Å². The van der Waals surface area contributed by atoms with Gasteiger partial charge in [0, 0.05) is 13.0 Å². The van der Waals surface area contributed by atoms with Crippen LogP contribution in [0, 0.1) is 23.2 Å². The van der Waals surface area contributed by atoms with Crippen LogP contribution >= 0.6 is 0 Å². The molecular weight excluding hydrogens is 292 g/mol. The Bertz CT molecular complexity index is 619. The molecule has 1 aliphatic rings. The lowest BCUT2D eigenvalue weighted by Gasteiger charge is -2.26. The van der Waals surface area contributed by atoms with Crippen LogP contribution in [0.4, 0.5) is 0 Å². The van der Waals surface area contributed by atoms with Crippen LogP contribution in [0.2, 0.25) is 0 Å². The van der Waals surface area contributed by atoms with E-state index in [0.717, 1.165) is 17.5 Å². The average Bonchev–Trinajstić information content (AvgIpc) is 2.54. The number of nitriles is 1. The zero-order chi connectivity index (χ0) is 16.8. The lowest BCUT2D eigenvalue weighted by atomic mass is 9.91. The van der Waals surface area contributed by atoms with Crippen LogP contribution in [0.1, 0.15) is 37.5 Å². The van der Waals surface area contributed by atoms with Crippen LogP contribution in [0.25, 0.3) is 0 Å². The fraction of sp³-hybridized carbons (Fsp3) is 0.500. The van der Waals surface area contributed by atoms with Crippen LogP contribution in [0.3, 0.4) is 0 Å². The van der Waals surface area contributed by atoms with E-state index in [1.54, 1.807) is 0 Å². The molecule has 0 aliphatic carbocycles. The van der Waals surface area contributed by atoms with Gasteiger partial charge in [-0.05, 0) is 23.5 Å². The summed E-state index contributed by atoms with van der Waals surface area (Å²) >= 11 is 0. The highest BCUT2D eigenvalue weighted by Gasteiger charge is 2.31. The van der Waals surface area contributed by atoms with Crippen molar-refractivity contribution in [3.05, 3.63) is 35.4 Å². The summed E-state index contributed by atoms with van der Waals surface area (Å²) in [5, 5.41) is 11.8. The number of carbonyl (C=O) groups excluding carboxylic acids is 2. The van der Waals surface area contributed by atoms with Gasteiger partial charge in [0.2, 0.25) is 5.91 Å². The predicted octanol–water partition coefficient (Wildman–Crippen LogP) is 2.17. The molecule has 1 aromatic carbocycles. The van der Waals surface area contributed by atoms with Gasteiger partial charge in [0.15, 0.2) is 11.7 Å². The summed E-state index contributed by atoms with van der Waals surface area (Å²) in [6.07, 6.45) is 0.489. The number of fused-ring (bicyclic) bond motifs is 1. The van der Waals surface area contributed by atoms with Gasteiger partial charge in [0.25, 0.3) is 0 Å². The first-order valence-electron chi connectivity index (χ1n) is 7.92.